The van der Waals surface area contributed by atoms with Crippen molar-refractivity contribution in [3.05, 3.63) is 23.8 Å². The van der Waals surface area contributed by atoms with Crippen LogP contribution < -0.4 is 10.1 Å². The molecule has 1 aromatic carbocycles. The van der Waals surface area contributed by atoms with Crippen molar-refractivity contribution in [2.45, 2.75) is 59.9 Å². The largest absolute Gasteiger partial charge is 0.492 e. The number of hydrogen-bond acceptors (Lipinski definition) is 2. The van der Waals surface area contributed by atoms with E-state index in [-0.39, 0.29) is 0 Å². The number of benzene rings is 1. The zero-order chi connectivity index (χ0) is 14.8. The Morgan fingerprint density at radius 1 is 1.35 bits per heavy atom. The van der Waals surface area contributed by atoms with Gasteiger partial charge in [-0.05, 0) is 62.1 Å². The molecule has 0 spiro atoms. The summed E-state index contributed by atoms with van der Waals surface area (Å²) in [5, 5.41) is 3.72. The predicted octanol–water partition coefficient (Wildman–Crippen LogP) is 5.02. The van der Waals surface area contributed by atoms with Crippen LogP contribution in [0, 0.1) is 18.3 Å². The van der Waals surface area contributed by atoms with Crippen molar-refractivity contribution in [3.8, 4) is 5.75 Å². The van der Waals surface area contributed by atoms with Crippen molar-refractivity contribution in [2.75, 3.05) is 11.9 Å². The van der Waals surface area contributed by atoms with Gasteiger partial charge in [0, 0.05) is 6.04 Å². The third kappa shape index (κ3) is 3.68. The first-order valence-corrected chi connectivity index (χ1v) is 7.91. The first-order chi connectivity index (χ1) is 9.41. The van der Waals surface area contributed by atoms with E-state index in [1.807, 2.05) is 6.92 Å². The number of nitrogens with one attached hydrogen (secondary N) is 1. The molecule has 1 aromatic rings. The topological polar surface area (TPSA) is 21.3 Å². The molecule has 2 unspecified atom stereocenters. The van der Waals surface area contributed by atoms with Crippen molar-refractivity contribution >= 4 is 5.69 Å². The summed E-state index contributed by atoms with van der Waals surface area (Å²) in [4.78, 5) is 0. The molecular formula is C18H29NO. The third-order valence-corrected chi connectivity index (χ3v) is 4.47. The number of ether oxygens (including phenoxy) is 1. The van der Waals surface area contributed by atoms with Crippen LogP contribution in [0.2, 0.25) is 0 Å². The first-order valence-electron chi connectivity index (χ1n) is 7.91. The fourth-order valence-corrected chi connectivity index (χ4v) is 3.38. The van der Waals surface area contributed by atoms with Gasteiger partial charge in [-0.15, -0.1) is 0 Å². The molecule has 2 nitrogen and oxygen atoms in total. The standard InChI is InChI=1S/C18H29NO/c1-6-20-17-11-13(2)7-8-16(17)19-15-9-10-18(4,5)12-14(15)3/h7-8,11,14-15,19H,6,9-10,12H2,1-5H3. The second kappa shape index (κ2) is 6.07. The van der Waals surface area contributed by atoms with Crippen LogP contribution in [0.5, 0.6) is 5.75 Å². The maximum absolute atomic E-state index is 5.77. The molecule has 0 amide bonds. The van der Waals surface area contributed by atoms with Crippen LogP contribution in [0.15, 0.2) is 18.2 Å². The average molecular weight is 275 g/mol. The molecule has 1 fully saturated rings. The molecule has 2 rings (SSSR count). The lowest BCUT2D eigenvalue weighted by atomic mass is 9.70. The van der Waals surface area contributed by atoms with Gasteiger partial charge in [-0.25, -0.2) is 0 Å². The van der Waals surface area contributed by atoms with Gasteiger partial charge in [-0.3, -0.25) is 0 Å². The van der Waals surface area contributed by atoms with Crippen molar-refractivity contribution < 1.29 is 4.74 Å². The summed E-state index contributed by atoms with van der Waals surface area (Å²) < 4.78 is 5.77. The Kier molecular flexibility index (Phi) is 4.62. The molecule has 2 atom stereocenters. The number of aryl methyl sites for hydroxylation is 1. The zero-order valence-corrected chi connectivity index (χ0v) is 13.6. The monoisotopic (exact) mass is 275 g/mol. The minimum Gasteiger partial charge on any atom is -0.492 e. The molecule has 1 saturated carbocycles. The summed E-state index contributed by atoms with van der Waals surface area (Å²) in [6.45, 7) is 12.0. The minimum absolute atomic E-state index is 0.494. The Labute approximate surface area is 123 Å². The zero-order valence-electron chi connectivity index (χ0n) is 13.6. The summed E-state index contributed by atoms with van der Waals surface area (Å²) in [5.41, 5.74) is 2.89. The van der Waals surface area contributed by atoms with E-state index in [1.165, 1.54) is 24.8 Å². The van der Waals surface area contributed by atoms with Gasteiger partial charge in [0.15, 0.2) is 0 Å². The normalized spacial score (nSPS) is 25.2. The van der Waals surface area contributed by atoms with Gasteiger partial charge in [0.1, 0.15) is 5.75 Å². The van der Waals surface area contributed by atoms with E-state index in [1.54, 1.807) is 0 Å². The number of hydrogen-bond donors (Lipinski definition) is 1. The quantitative estimate of drug-likeness (QED) is 0.833. The summed E-state index contributed by atoms with van der Waals surface area (Å²) in [7, 11) is 0. The Balaban J connectivity index is 2.10. The van der Waals surface area contributed by atoms with Gasteiger partial charge < -0.3 is 10.1 Å². The third-order valence-electron chi connectivity index (χ3n) is 4.47. The Bertz CT molecular complexity index is 453. The average Bonchev–Trinajstić information content (AvgIpc) is 2.35. The molecular weight excluding hydrogens is 246 g/mol. The maximum atomic E-state index is 5.77. The minimum atomic E-state index is 0.494. The highest BCUT2D eigenvalue weighted by atomic mass is 16.5. The number of rotatable bonds is 4. The lowest BCUT2D eigenvalue weighted by Gasteiger charge is -2.40. The molecule has 0 aromatic heterocycles. The predicted molar refractivity (Wildman–Crippen MR) is 86.6 cm³/mol. The van der Waals surface area contributed by atoms with E-state index in [0.29, 0.717) is 24.0 Å². The van der Waals surface area contributed by atoms with E-state index >= 15 is 0 Å². The van der Waals surface area contributed by atoms with Gasteiger partial charge in [-0.1, -0.05) is 26.8 Å². The van der Waals surface area contributed by atoms with Crippen molar-refractivity contribution in [2.24, 2.45) is 11.3 Å². The molecule has 0 saturated heterocycles. The first kappa shape index (κ1) is 15.2. The molecule has 1 aliphatic carbocycles. The fourth-order valence-electron chi connectivity index (χ4n) is 3.38. The molecule has 1 aliphatic rings. The van der Waals surface area contributed by atoms with Crippen LogP contribution in [0.3, 0.4) is 0 Å². The van der Waals surface area contributed by atoms with E-state index in [2.05, 4.69) is 51.2 Å². The van der Waals surface area contributed by atoms with Crippen LogP contribution in [0.4, 0.5) is 5.69 Å². The van der Waals surface area contributed by atoms with Crippen molar-refractivity contribution in [3.63, 3.8) is 0 Å². The molecule has 2 heteroatoms. The highest BCUT2D eigenvalue weighted by molar-refractivity contribution is 5.58. The van der Waals surface area contributed by atoms with Crippen LogP contribution in [-0.2, 0) is 0 Å². The highest BCUT2D eigenvalue weighted by Gasteiger charge is 2.32. The SMILES string of the molecule is CCOc1cc(C)ccc1NC1CCC(C)(C)CC1C. The van der Waals surface area contributed by atoms with Gasteiger partial charge in [0.25, 0.3) is 0 Å². The van der Waals surface area contributed by atoms with E-state index in [0.717, 1.165) is 11.4 Å². The summed E-state index contributed by atoms with van der Waals surface area (Å²) in [6.07, 6.45) is 3.83. The molecule has 0 heterocycles. The Morgan fingerprint density at radius 3 is 2.75 bits per heavy atom. The molecule has 112 valence electrons. The van der Waals surface area contributed by atoms with Crippen molar-refractivity contribution in [1.82, 2.24) is 0 Å². The molecule has 0 radical (unpaired) electrons. The van der Waals surface area contributed by atoms with Crippen LogP contribution in [0.25, 0.3) is 0 Å². The van der Waals surface area contributed by atoms with E-state index in [9.17, 15) is 0 Å². The number of anilines is 1. The van der Waals surface area contributed by atoms with Gasteiger partial charge in [0.2, 0.25) is 0 Å². The molecule has 1 N–H and O–H groups in total. The van der Waals surface area contributed by atoms with E-state index < -0.39 is 0 Å². The van der Waals surface area contributed by atoms with Crippen LogP contribution >= 0.6 is 0 Å². The fraction of sp³-hybridized carbons (Fsp3) is 0.667. The van der Waals surface area contributed by atoms with Crippen molar-refractivity contribution in [1.29, 1.82) is 0 Å². The van der Waals surface area contributed by atoms with Crippen LogP contribution in [-0.4, -0.2) is 12.6 Å². The van der Waals surface area contributed by atoms with Gasteiger partial charge >= 0.3 is 0 Å². The lowest BCUT2D eigenvalue weighted by molar-refractivity contribution is 0.177. The second-order valence-electron chi connectivity index (χ2n) is 7.07. The van der Waals surface area contributed by atoms with Gasteiger partial charge in [0.05, 0.1) is 12.3 Å². The van der Waals surface area contributed by atoms with Gasteiger partial charge in [-0.2, -0.15) is 0 Å². The highest BCUT2D eigenvalue weighted by Crippen LogP contribution is 2.40. The molecule has 0 bridgehead atoms. The summed E-state index contributed by atoms with van der Waals surface area (Å²) in [5.74, 6) is 1.69. The smallest absolute Gasteiger partial charge is 0.142 e. The summed E-state index contributed by atoms with van der Waals surface area (Å²) >= 11 is 0. The molecule has 20 heavy (non-hydrogen) atoms. The molecule has 0 aliphatic heterocycles. The maximum Gasteiger partial charge on any atom is 0.142 e. The Hall–Kier alpha value is -1.18. The Morgan fingerprint density at radius 2 is 2.10 bits per heavy atom. The summed E-state index contributed by atoms with van der Waals surface area (Å²) in [6, 6.07) is 7.00. The van der Waals surface area contributed by atoms with E-state index in [4.69, 9.17) is 4.74 Å². The van der Waals surface area contributed by atoms with Crippen LogP contribution in [0.1, 0.15) is 52.5 Å². The lowest BCUT2D eigenvalue weighted by Crippen LogP contribution is -2.36. The second-order valence-corrected chi connectivity index (χ2v) is 7.07.